The van der Waals surface area contributed by atoms with Gasteiger partial charge in [-0.1, -0.05) is 30.3 Å². The van der Waals surface area contributed by atoms with Crippen molar-refractivity contribution in [2.45, 2.75) is 45.7 Å². The molecule has 1 amide bonds. The van der Waals surface area contributed by atoms with Crippen LogP contribution in [0.15, 0.2) is 30.3 Å². The first kappa shape index (κ1) is 17.2. The molecule has 0 aliphatic carbocycles. The van der Waals surface area contributed by atoms with Crippen LogP contribution in [-0.4, -0.2) is 28.6 Å². The van der Waals surface area contributed by atoms with Gasteiger partial charge in [0.05, 0.1) is 5.41 Å². The molecule has 21 heavy (non-hydrogen) atoms. The Balaban J connectivity index is 2.85. The normalized spacial score (nSPS) is 13.6. The highest BCUT2D eigenvalue weighted by Crippen LogP contribution is 2.28. The van der Waals surface area contributed by atoms with Crippen LogP contribution in [0.5, 0.6) is 0 Å². The van der Waals surface area contributed by atoms with Crippen molar-refractivity contribution in [2.75, 3.05) is 0 Å². The van der Waals surface area contributed by atoms with Gasteiger partial charge in [-0.15, -0.1) is 0 Å². The zero-order chi connectivity index (χ0) is 16.3. The third kappa shape index (κ3) is 4.29. The van der Waals surface area contributed by atoms with Crippen LogP contribution in [-0.2, 0) is 16.0 Å². The molecular formula is C16H24N2O3. The second-order valence-corrected chi connectivity index (χ2v) is 6.40. The second-order valence-electron chi connectivity index (χ2n) is 6.40. The van der Waals surface area contributed by atoms with Gasteiger partial charge < -0.3 is 16.2 Å². The van der Waals surface area contributed by atoms with Crippen molar-refractivity contribution < 1.29 is 14.7 Å². The number of amides is 1. The third-order valence-corrected chi connectivity index (χ3v) is 4.06. The Hall–Kier alpha value is -1.88. The number of benzene rings is 1. The summed E-state index contributed by atoms with van der Waals surface area (Å²) < 4.78 is 0. The van der Waals surface area contributed by atoms with Crippen LogP contribution in [0.1, 0.15) is 33.3 Å². The zero-order valence-corrected chi connectivity index (χ0v) is 13.0. The van der Waals surface area contributed by atoms with Crippen LogP contribution in [0, 0.1) is 5.41 Å². The lowest BCUT2D eigenvalue weighted by molar-refractivity contribution is -0.144. The minimum Gasteiger partial charge on any atom is -0.480 e. The molecule has 0 aliphatic heterocycles. The Morgan fingerprint density at radius 1 is 1.19 bits per heavy atom. The van der Waals surface area contributed by atoms with Gasteiger partial charge >= 0.3 is 5.97 Å². The Morgan fingerprint density at radius 3 is 2.14 bits per heavy atom. The summed E-state index contributed by atoms with van der Waals surface area (Å²) in [5.74, 6) is -1.42. The molecule has 116 valence electrons. The van der Waals surface area contributed by atoms with Gasteiger partial charge in [-0.2, -0.15) is 0 Å². The van der Waals surface area contributed by atoms with Gasteiger partial charge in [0.25, 0.3) is 0 Å². The van der Waals surface area contributed by atoms with Gasteiger partial charge in [0.2, 0.25) is 5.91 Å². The van der Waals surface area contributed by atoms with Crippen molar-refractivity contribution in [1.82, 2.24) is 5.32 Å². The molecule has 4 N–H and O–H groups in total. The number of hydrogen-bond acceptors (Lipinski definition) is 3. The first-order chi connectivity index (χ1) is 9.55. The lowest BCUT2D eigenvalue weighted by Gasteiger charge is -2.37. The number of carboxylic acids is 1. The van der Waals surface area contributed by atoms with E-state index in [1.165, 1.54) is 0 Å². The highest BCUT2D eigenvalue weighted by molar-refractivity contribution is 5.88. The Bertz CT molecular complexity index is 504. The van der Waals surface area contributed by atoms with E-state index in [9.17, 15) is 14.7 Å². The summed E-state index contributed by atoms with van der Waals surface area (Å²) in [4.78, 5) is 23.7. The number of carboxylic acid groups (broad SMARTS) is 1. The molecule has 5 heteroatoms. The predicted octanol–water partition coefficient (Wildman–Crippen LogP) is 1.56. The molecule has 0 radical (unpaired) electrons. The summed E-state index contributed by atoms with van der Waals surface area (Å²) in [5, 5.41) is 11.9. The van der Waals surface area contributed by atoms with Crippen molar-refractivity contribution in [1.29, 1.82) is 0 Å². The fourth-order valence-corrected chi connectivity index (χ4v) is 1.68. The molecule has 0 aromatic heterocycles. The van der Waals surface area contributed by atoms with Crippen molar-refractivity contribution in [3.63, 3.8) is 0 Å². The van der Waals surface area contributed by atoms with E-state index >= 15 is 0 Å². The molecule has 1 aromatic carbocycles. The van der Waals surface area contributed by atoms with E-state index in [0.29, 0.717) is 0 Å². The SMILES string of the molecule is CC(C)(N)C(C)(C)C(=O)NC(Cc1ccccc1)C(=O)O. The first-order valence-corrected chi connectivity index (χ1v) is 6.92. The molecule has 0 heterocycles. The number of nitrogens with two attached hydrogens (primary N) is 1. The van der Waals surface area contributed by atoms with Crippen molar-refractivity contribution in [3.05, 3.63) is 35.9 Å². The standard InChI is InChI=1S/C16H24N2O3/c1-15(2,16(3,4)17)14(21)18-12(13(19)20)10-11-8-6-5-7-9-11/h5-9,12H,10,17H2,1-4H3,(H,18,21)(H,19,20). The minimum absolute atomic E-state index is 0.239. The summed E-state index contributed by atoms with van der Waals surface area (Å²) in [7, 11) is 0. The number of aliphatic carboxylic acids is 1. The summed E-state index contributed by atoms with van der Waals surface area (Å²) in [6, 6.07) is 8.23. The van der Waals surface area contributed by atoms with Crippen LogP contribution >= 0.6 is 0 Å². The third-order valence-electron chi connectivity index (χ3n) is 4.06. The molecule has 0 saturated carbocycles. The molecule has 0 saturated heterocycles. The molecule has 0 bridgehead atoms. The first-order valence-electron chi connectivity index (χ1n) is 6.92. The maximum atomic E-state index is 12.4. The van der Waals surface area contributed by atoms with Crippen molar-refractivity contribution >= 4 is 11.9 Å². The van der Waals surface area contributed by atoms with Gasteiger partial charge in [0.1, 0.15) is 6.04 Å². The summed E-state index contributed by atoms with van der Waals surface area (Å²) in [5.41, 5.74) is 5.23. The van der Waals surface area contributed by atoms with Gasteiger partial charge in [0.15, 0.2) is 0 Å². The average molecular weight is 292 g/mol. The molecule has 1 unspecified atom stereocenters. The number of hydrogen-bond donors (Lipinski definition) is 3. The highest BCUT2D eigenvalue weighted by Gasteiger charge is 2.41. The van der Waals surface area contributed by atoms with E-state index in [-0.39, 0.29) is 12.3 Å². The fourth-order valence-electron chi connectivity index (χ4n) is 1.68. The quantitative estimate of drug-likeness (QED) is 0.742. The van der Waals surface area contributed by atoms with Gasteiger partial charge in [-0.25, -0.2) is 4.79 Å². The van der Waals surface area contributed by atoms with Crippen LogP contribution in [0.2, 0.25) is 0 Å². The van der Waals surface area contributed by atoms with Crippen LogP contribution in [0.4, 0.5) is 0 Å². The maximum absolute atomic E-state index is 12.4. The fraction of sp³-hybridized carbons (Fsp3) is 0.500. The monoisotopic (exact) mass is 292 g/mol. The van der Waals surface area contributed by atoms with Gasteiger partial charge in [-0.3, -0.25) is 4.79 Å². The van der Waals surface area contributed by atoms with Gasteiger partial charge in [-0.05, 0) is 33.3 Å². The van der Waals surface area contributed by atoms with Gasteiger partial charge in [0, 0.05) is 12.0 Å². The van der Waals surface area contributed by atoms with Crippen molar-refractivity contribution in [2.24, 2.45) is 11.1 Å². The molecular weight excluding hydrogens is 268 g/mol. The Kier molecular flexibility index (Phi) is 5.12. The van der Waals surface area contributed by atoms with Crippen LogP contribution in [0.3, 0.4) is 0 Å². The smallest absolute Gasteiger partial charge is 0.326 e. The second kappa shape index (κ2) is 6.26. The zero-order valence-electron chi connectivity index (χ0n) is 13.0. The van der Waals surface area contributed by atoms with E-state index in [1.807, 2.05) is 30.3 Å². The molecule has 1 aromatic rings. The lowest BCUT2D eigenvalue weighted by Crippen LogP contribution is -2.58. The Morgan fingerprint density at radius 2 is 1.71 bits per heavy atom. The van der Waals surface area contributed by atoms with E-state index in [0.717, 1.165) is 5.56 Å². The van der Waals surface area contributed by atoms with Crippen LogP contribution in [0.25, 0.3) is 0 Å². The summed E-state index contributed by atoms with van der Waals surface area (Å²) >= 11 is 0. The number of carbonyl (C=O) groups is 2. The molecule has 5 nitrogen and oxygen atoms in total. The van der Waals surface area contributed by atoms with E-state index in [1.54, 1.807) is 27.7 Å². The highest BCUT2D eigenvalue weighted by atomic mass is 16.4. The van der Waals surface area contributed by atoms with E-state index < -0.39 is 23.0 Å². The van der Waals surface area contributed by atoms with Crippen LogP contribution < -0.4 is 11.1 Å². The Labute approximate surface area is 125 Å². The molecule has 0 fully saturated rings. The average Bonchev–Trinajstić information content (AvgIpc) is 2.37. The topological polar surface area (TPSA) is 92.4 Å². The maximum Gasteiger partial charge on any atom is 0.326 e. The molecule has 0 aliphatic rings. The number of rotatable bonds is 6. The molecule has 1 rings (SSSR count). The molecule has 1 atom stereocenters. The van der Waals surface area contributed by atoms with E-state index in [2.05, 4.69) is 5.32 Å². The predicted molar refractivity (Wildman–Crippen MR) is 81.8 cm³/mol. The largest absolute Gasteiger partial charge is 0.480 e. The minimum atomic E-state index is -1.06. The van der Waals surface area contributed by atoms with Crippen molar-refractivity contribution in [3.8, 4) is 0 Å². The lowest BCUT2D eigenvalue weighted by atomic mass is 9.74. The summed E-state index contributed by atoms with van der Waals surface area (Å²) in [6.07, 6.45) is 0.239. The van der Waals surface area contributed by atoms with E-state index in [4.69, 9.17) is 5.73 Å². The molecule has 0 spiro atoms. The number of nitrogens with one attached hydrogen (secondary N) is 1. The number of carbonyl (C=O) groups excluding carboxylic acids is 1. The summed E-state index contributed by atoms with van der Waals surface area (Å²) in [6.45, 7) is 6.92.